The Balaban J connectivity index is 1.91. The van der Waals surface area contributed by atoms with Gasteiger partial charge in [0.25, 0.3) is 0 Å². The molecule has 106 valence electrons. The molecule has 0 amide bonds. The summed E-state index contributed by atoms with van der Waals surface area (Å²) in [6.07, 6.45) is 0. The van der Waals surface area contributed by atoms with E-state index in [9.17, 15) is 4.79 Å². The quantitative estimate of drug-likeness (QED) is 0.653. The molecule has 0 atom stereocenters. The summed E-state index contributed by atoms with van der Waals surface area (Å²) >= 11 is 3.17. The van der Waals surface area contributed by atoms with Crippen molar-refractivity contribution < 1.29 is 9.53 Å². The molecule has 7 heteroatoms. The number of methoxy groups -OCH3 is 1. The van der Waals surface area contributed by atoms with Gasteiger partial charge in [-0.05, 0) is 24.6 Å². The van der Waals surface area contributed by atoms with E-state index in [4.69, 9.17) is 0 Å². The fraction of sp³-hybridized carbons (Fsp3) is 0.308. The molecule has 1 N–H and O–H groups in total. The average Bonchev–Trinajstić information content (AvgIpc) is 2.93. The minimum Gasteiger partial charge on any atom is -0.465 e. The summed E-state index contributed by atoms with van der Waals surface area (Å²) in [6, 6.07) is 7.38. The Bertz CT molecular complexity index is 569. The van der Waals surface area contributed by atoms with Crippen molar-refractivity contribution in [2.24, 2.45) is 0 Å². The second-order valence-electron chi connectivity index (χ2n) is 3.88. The molecule has 0 unspecified atom stereocenters. The zero-order chi connectivity index (χ0) is 14.4. The van der Waals surface area contributed by atoms with Crippen molar-refractivity contribution in [3.05, 3.63) is 35.4 Å². The molecule has 0 fully saturated rings. The van der Waals surface area contributed by atoms with Gasteiger partial charge in [0.2, 0.25) is 5.13 Å². The molecule has 0 bridgehead atoms. The first-order chi connectivity index (χ1) is 9.72. The summed E-state index contributed by atoms with van der Waals surface area (Å²) in [5.74, 6) is 0.478. The van der Waals surface area contributed by atoms with E-state index in [1.165, 1.54) is 7.11 Å². The first kappa shape index (κ1) is 14.8. The van der Waals surface area contributed by atoms with E-state index in [0.717, 1.165) is 27.3 Å². The van der Waals surface area contributed by atoms with Gasteiger partial charge in [-0.15, -0.1) is 10.2 Å². The average molecular weight is 309 g/mol. The molecule has 2 rings (SSSR count). The molecule has 0 spiro atoms. The molecule has 0 saturated heterocycles. The SMILES string of the molecule is CCNc1nnc(SCc2ccc(C(=O)OC)cc2)s1. The van der Waals surface area contributed by atoms with E-state index in [1.807, 2.05) is 19.1 Å². The van der Waals surface area contributed by atoms with Crippen LogP contribution in [-0.4, -0.2) is 29.8 Å². The summed E-state index contributed by atoms with van der Waals surface area (Å²) < 4.78 is 5.59. The number of anilines is 1. The highest BCUT2D eigenvalue weighted by atomic mass is 32.2. The van der Waals surface area contributed by atoms with Gasteiger partial charge in [-0.2, -0.15) is 0 Å². The van der Waals surface area contributed by atoms with Crippen molar-refractivity contribution in [1.29, 1.82) is 0 Å². The molecule has 5 nitrogen and oxygen atoms in total. The van der Waals surface area contributed by atoms with Crippen LogP contribution in [0.3, 0.4) is 0 Å². The number of aromatic nitrogens is 2. The predicted octanol–water partition coefficient (Wildman–Crippen LogP) is 3.05. The molecule has 20 heavy (non-hydrogen) atoms. The van der Waals surface area contributed by atoms with E-state index in [-0.39, 0.29) is 5.97 Å². The largest absolute Gasteiger partial charge is 0.465 e. The summed E-state index contributed by atoms with van der Waals surface area (Å²) in [4.78, 5) is 11.3. The van der Waals surface area contributed by atoms with Crippen LogP contribution in [0.5, 0.6) is 0 Å². The van der Waals surface area contributed by atoms with Crippen molar-refractivity contribution in [3.8, 4) is 0 Å². The molecule has 0 radical (unpaired) electrons. The van der Waals surface area contributed by atoms with Crippen LogP contribution in [0.4, 0.5) is 5.13 Å². The molecular formula is C13H15N3O2S2. The van der Waals surface area contributed by atoms with Crippen molar-refractivity contribution in [2.45, 2.75) is 17.0 Å². The molecule has 0 aliphatic carbocycles. The first-order valence-corrected chi connectivity index (χ1v) is 7.90. The van der Waals surface area contributed by atoms with Crippen LogP contribution in [-0.2, 0) is 10.5 Å². The van der Waals surface area contributed by atoms with Crippen LogP contribution < -0.4 is 5.32 Å². The number of carbonyl (C=O) groups excluding carboxylic acids is 1. The number of rotatable bonds is 6. The van der Waals surface area contributed by atoms with E-state index in [2.05, 4.69) is 20.3 Å². The fourth-order valence-corrected chi connectivity index (χ4v) is 3.27. The third kappa shape index (κ3) is 3.94. The maximum Gasteiger partial charge on any atom is 0.337 e. The van der Waals surface area contributed by atoms with Gasteiger partial charge in [0.05, 0.1) is 12.7 Å². The molecule has 2 aromatic rings. The monoisotopic (exact) mass is 309 g/mol. The normalized spacial score (nSPS) is 10.3. The molecule has 1 heterocycles. The Kier molecular flexibility index (Phi) is 5.37. The highest BCUT2D eigenvalue weighted by molar-refractivity contribution is 8.00. The number of hydrogen-bond donors (Lipinski definition) is 1. The Morgan fingerprint density at radius 2 is 2.10 bits per heavy atom. The van der Waals surface area contributed by atoms with Gasteiger partial charge in [-0.25, -0.2) is 4.79 Å². The van der Waals surface area contributed by atoms with Crippen LogP contribution in [0.15, 0.2) is 28.6 Å². The fourth-order valence-electron chi connectivity index (χ4n) is 1.49. The zero-order valence-corrected chi connectivity index (χ0v) is 12.9. The Labute approximate surface area is 125 Å². The number of ether oxygens (including phenoxy) is 1. The lowest BCUT2D eigenvalue weighted by Gasteiger charge is -2.01. The topological polar surface area (TPSA) is 64.1 Å². The summed E-state index contributed by atoms with van der Waals surface area (Å²) in [5, 5.41) is 12.1. The van der Waals surface area contributed by atoms with Crippen LogP contribution in [0, 0.1) is 0 Å². The van der Waals surface area contributed by atoms with Crippen molar-refractivity contribution in [3.63, 3.8) is 0 Å². The van der Waals surface area contributed by atoms with E-state index < -0.39 is 0 Å². The van der Waals surface area contributed by atoms with E-state index in [0.29, 0.717) is 5.56 Å². The molecule has 0 aliphatic rings. The van der Waals surface area contributed by atoms with Gasteiger partial charge < -0.3 is 10.1 Å². The van der Waals surface area contributed by atoms with Gasteiger partial charge in [0.1, 0.15) is 0 Å². The summed E-state index contributed by atoms with van der Waals surface area (Å²) in [5.41, 5.74) is 1.69. The first-order valence-electron chi connectivity index (χ1n) is 6.10. The van der Waals surface area contributed by atoms with Crippen molar-refractivity contribution in [1.82, 2.24) is 10.2 Å². The van der Waals surface area contributed by atoms with Crippen molar-refractivity contribution in [2.75, 3.05) is 19.0 Å². The van der Waals surface area contributed by atoms with Gasteiger partial charge >= 0.3 is 5.97 Å². The van der Waals surface area contributed by atoms with Gasteiger partial charge in [-0.1, -0.05) is 35.2 Å². The Hall–Kier alpha value is -1.60. The van der Waals surface area contributed by atoms with Crippen molar-refractivity contribution >= 4 is 34.2 Å². The molecular weight excluding hydrogens is 294 g/mol. The highest BCUT2D eigenvalue weighted by Gasteiger charge is 2.06. The van der Waals surface area contributed by atoms with Gasteiger partial charge in [0, 0.05) is 12.3 Å². The minimum atomic E-state index is -0.316. The summed E-state index contributed by atoms with van der Waals surface area (Å²) in [6.45, 7) is 2.87. The van der Waals surface area contributed by atoms with Crippen LogP contribution >= 0.6 is 23.1 Å². The number of carbonyl (C=O) groups is 1. The maximum atomic E-state index is 11.3. The Morgan fingerprint density at radius 3 is 2.75 bits per heavy atom. The second-order valence-corrected chi connectivity index (χ2v) is 6.08. The number of hydrogen-bond acceptors (Lipinski definition) is 7. The molecule has 1 aromatic heterocycles. The van der Waals surface area contributed by atoms with E-state index in [1.54, 1.807) is 35.2 Å². The molecule has 0 aliphatic heterocycles. The van der Waals surface area contributed by atoms with Crippen LogP contribution in [0.2, 0.25) is 0 Å². The predicted molar refractivity (Wildman–Crippen MR) is 81.4 cm³/mol. The number of esters is 1. The smallest absolute Gasteiger partial charge is 0.337 e. The lowest BCUT2D eigenvalue weighted by molar-refractivity contribution is 0.0600. The molecule has 0 saturated carbocycles. The standard InChI is InChI=1S/C13H15N3O2S2/c1-3-14-12-15-16-13(20-12)19-8-9-4-6-10(7-5-9)11(17)18-2/h4-7H,3,8H2,1-2H3,(H,14,15). The maximum absolute atomic E-state index is 11.3. The van der Waals surface area contributed by atoms with E-state index >= 15 is 0 Å². The Morgan fingerprint density at radius 1 is 1.35 bits per heavy atom. The number of benzene rings is 1. The lowest BCUT2D eigenvalue weighted by Crippen LogP contribution is -2.00. The third-order valence-corrected chi connectivity index (χ3v) is 4.56. The second kappa shape index (κ2) is 7.25. The minimum absolute atomic E-state index is 0.316. The number of thioether (sulfide) groups is 1. The summed E-state index contributed by atoms with van der Waals surface area (Å²) in [7, 11) is 1.38. The zero-order valence-electron chi connectivity index (χ0n) is 11.3. The number of nitrogens with one attached hydrogen (secondary N) is 1. The van der Waals surface area contributed by atoms with Gasteiger partial charge in [-0.3, -0.25) is 0 Å². The van der Waals surface area contributed by atoms with Gasteiger partial charge in [0.15, 0.2) is 4.34 Å². The third-order valence-electron chi connectivity index (χ3n) is 2.47. The highest BCUT2D eigenvalue weighted by Crippen LogP contribution is 2.28. The van der Waals surface area contributed by atoms with Crippen LogP contribution in [0.1, 0.15) is 22.8 Å². The lowest BCUT2D eigenvalue weighted by atomic mass is 10.1. The number of nitrogens with zero attached hydrogens (tertiary/aromatic N) is 2. The van der Waals surface area contributed by atoms with Crippen LogP contribution in [0.25, 0.3) is 0 Å². The molecule has 1 aromatic carbocycles.